The molecule has 1 aliphatic rings. The third-order valence-corrected chi connectivity index (χ3v) is 4.83. The van der Waals surface area contributed by atoms with Gasteiger partial charge in [-0.05, 0) is 48.6 Å². The van der Waals surface area contributed by atoms with Crippen molar-refractivity contribution in [1.82, 2.24) is 0 Å². The van der Waals surface area contributed by atoms with Crippen molar-refractivity contribution in [1.29, 1.82) is 0 Å². The number of benzene rings is 2. The molecule has 1 aliphatic carbocycles. The third-order valence-electron chi connectivity index (χ3n) is 4.83. The van der Waals surface area contributed by atoms with Gasteiger partial charge in [-0.3, -0.25) is 0 Å². The summed E-state index contributed by atoms with van der Waals surface area (Å²) in [7, 11) is 0. The molecule has 3 aromatic rings. The van der Waals surface area contributed by atoms with Crippen molar-refractivity contribution in [2.24, 2.45) is 0 Å². The first-order valence-corrected chi connectivity index (χ1v) is 8.58. The van der Waals surface area contributed by atoms with Gasteiger partial charge in [0.05, 0.1) is 5.39 Å². The van der Waals surface area contributed by atoms with Crippen molar-refractivity contribution < 1.29 is 9.57 Å². The molecule has 1 saturated carbocycles. The lowest BCUT2D eigenvalue weighted by molar-refractivity contribution is -0.854. The van der Waals surface area contributed by atoms with Crippen LogP contribution in [0.5, 0.6) is 5.75 Å². The highest BCUT2D eigenvalue weighted by Crippen LogP contribution is 2.33. The van der Waals surface area contributed by atoms with Crippen LogP contribution in [0.2, 0.25) is 0 Å². The van der Waals surface area contributed by atoms with Crippen LogP contribution >= 0.6 is 0 Å². The van der Waals surface area contributed by atoms with E-state index in [0.717, 1.165) is 17.2 Å². The zero-order valence-corrected chi connectivity index (χ0v) is 13.3. The van der Waals surface area contributed by atoms with E-state index in [1.165, 1.54) is 43.1 Å². The first kappa shape index (κ1) is 14.3. The number of para-hydroxylation sites is 1. The van der Waals surface area contributed by atoms with Crippen LogP contribution in [-0.4, -0.2) is 0 Å². The Labute approximate surface area is 137 Å². The van der Waals surface area contributed by atoms with Gasteiger partial charge >= 0.3 is 0 Å². The summed E-state index contributed by atoms with van der Waals surface area (Å²) in [6.45, 7) is 0. The smallest absolute Gasteiger partial charge is 0.231 e. The fraction of sp³-hybridized carbons (Fsp3) is 0.286. The van der Waals surface area contributed by atoms with Crippen LogP contribution in [0.3, 0.4) is 0 Å². The zero-order chi connectivity index (χ0) is 15.5. The summed E-state index contributed by atoms with van der Waals surface area (Å²) in [4.78, 5) is 6.05. The van der Waals surface area contributed by atoms with Gasteiger partial charge in [0.1, 0.15) is 0 Å². The molecule has 1 fully saturated rings. The normalized spacial score (nSPS) is 15.7. The second-order valence-electron chi connectivity index (χ2n) is 6.39. The molecule has 0 radical (unpaired) electrons. The van der Waals surface area contributed by atoms with Crippen LogP contribution in [0, 0.1) is 0 Å². The lowest BCUT2D eigenvalue weighted by Crippen LogP contribution is -2.39. The Morgan fingerprint density at radius 1 is 0.783 bits per heavy atom. The number of fused-ring (bicyclic) bond motifs is 1. The van der Waals surface area contributed by atoms with E-state index in [4.69, 9.17) is 4.84 Å². The summed E-state index contributed by atoms with van der Waals surface area (Å²) >= 11 is 0. The van der Waals surface area contributed by atoms with Gasteiger partial charge in [0, 0.05) is 16.9 Å². The van der Waals surface area contributed by atoms with Gasteiger partial charge in [-0.2, -0.15) is 0 Å². The molecular formula is C21H22NO+. The summed E-state index contributed by atoms with van der Waals surface area (Å²) in [5, 5.41) is 1.17. The maximum atomic E-state index is 6.05. The van der Waals surface area contributed by atoms with E-state index in [1.54, 1.807) is 0 Å². The van der Waals surface area contributed by atoms with Gasteiger partial charge in [0.2, 0.25) is 11.9 Å². The van der Waals surface area contributed by atoms with Gasteiger partial charge in [0.15, 0.2) is 0 Å². The maximum Gasteiger partial charge on any atom is 0.265 e. The molecule has 2 aromatic carbocycles. The number of aromatic nitrogens is 1. The molecule has 0 atom stereocenters. The summed E-state index contributed by atoms with van der Waals surface area (Å²) in [5.41, 5.74) is 2.53. The first-order chi connectivity index (χ1) is 11.4. The van der Waals surface area contributed by atoms with Crippen molar-refractivity contribution in [2.45, 2.75) is 38.0 Å². The van der Waals surface area contributed by atoms with Crippen LogP contribution in [0.15, 0.2) is 66.9 Å². The number of rotatable bonds is 3. The highest BCUT2D eigenvalue weighted by molar-refractivity contribution is 5.74. The highest BCUT2D eigenvalue weighted by atomic mass is 16.7. The van der Waals surface area contributed by atoms with Crippen molar-refractivity contribution in [3.8, 4) is 5.75 Å². The largest absolute Gasteiger partial charge is 0.265 e. The average molecular weight is 304 g/mol. The number of nitrogens with zero attached hydrogens (tertiary/aromatic N) is 1. The molecule has 0 N–H and O–H groups in total. The molecule has 0 amide bonds. The first-order valence-electron chi connectivity index (χ1n) is 8.58. The lowest BCUT2D eigenvalue weighted by atomic mass is 9.84. The van der Waals surface area contributed by atoms with E-state index in [9.17, 15) is 0 Å². The van der Waals surface area contributed by atoms with E-state index in [2.05, 4.69) is 42.5 Å². The van der Waals surface area contributed by atoms with Gasteiger partial charge in [0.25, 0.3) is 5.52 Å². The summed E-state index contributed by atoms with van der Waals surface area (Å²) in [6.07, 6.45) is 8.76. The van der Waals surface area contributed by atoms with Crippen molar-refractivity contribution in [3.63, 3.8) is 0 Å². The fourth-order valence-corrected chi connectivity index (χ4v) is 3.56. The number of hydrogen-bond acceptors (Lipinski definition) is 1. The Bertz CT molecular complexity index is 783. The van der Waals surface area contributed by atoms with Crippen LogP contribution in [0.25, 0.3) is 10.9 Å². The Kier molecular flexibility index (Phi) is 3.97. The molecule has 23 heavy (non-hydrogen) atoms. The molecule has 116 valence electrons. The Morgan fingerprint density at radius 3 is 2.35 bits per heavy atom. The van der Waals surface area contributed by atoms with E-state index in [0.29, 0.717) is 0 Å². The molecule has 0 spiro atoms. The van der Waals surface area contributed by atoms with Crippen molar-refractivity contribution in [2.75, 3.05) is 0 Å². The minimum absolute atomic E-state index is 0.739. The molecule has 0 saturated heterocycles. The highest BCUT2D eigenvalue weighted by Gasteiger charge is 2.16. The van der Waals surface area contributed by atoms with Crippen molar-refractivity contribution in [3.05, 3.63) is 72.4 Å². The minimum atomic E-state index is 0.739. The van der Waals surface area contributed by atoms with Crippen LogP contribution in [-0.2, 0) is 0 Å². The monoisotopic (exact) mass is 304 g/mol. The van der Waals surface area contributed by atoms with Gasteiger partial charge in [-0.15, -0.1) is 0 Å². The Balaban J connectivity index is 1.56. The van der Waals surface area contributed by atoms with Crippen LogP contribution in [0.4, 0.5) is 0 Å². The SMILES string of the molecule is c1ccc2c(c1)ccc[n+]2Oc1ccc(C2CCCCC2)cc1. The van der Waals surface area contributed by atoms with E-state index in [-0.39, 0.29) is 0 Å². The number of pyridine rings is 1. The Hall–Kier alpha value is -2.35. The standard InChI is InChI=1S/C21H22NO/c1-2-7-17(8-3-1)18-12-14-20(15-13-18)23-22-16-6-10-19-9-4-5-11-21(19)22/h4-6,9-17H,1-3,7-8H2/q+1. The lowest BCUT2D eigenvalue weighted by Gasteiger charge is -2.21. The Morgan fingerprint density at radius 2 is 1.52 bits per heavy atom. The molecule has 0 aliphatic heterocycles. The maximum absolute atomic E-state index is 6.05. The number of hydrogen-bond donors (Lipinski definition) is 0. The van der Waals surface area contributed by atoms with E-state index in [1.807, 2.05) is 29.1 Å². The molecule has 2 nitrogen and oxygen atoms in total. The quantitative estimate of drug-likeness (QED) is 0.619. The van der Waals surface area contributed by atoms with Gasteiger partial charge < -0.3 is 0 Å². The molecular weight excluding hydrogens is 282 g/mol. The van der Waals surface area contributed by atoms with Crippen molar-refractivity contribution >= 4 is 10.9 Å². The van der Waals surface area contributed by atoms with E-state index >= 15 is 0 Å². The molecule has 0 bridgehead atoms. The second-order valence-corrected chi connectivity index (χ2v) is 6.39. The summed E-state index contributed by atoms with van der Waals surface area (Å²) < 4.78 is 1.84. The predicted octanol–water partition coefficient (Wildman–Crippen LogP) is 5.02. The van der Waals surface area contributed by atoms with Crippen LogP contribution in [0.1, 0.15) is 43.6 Å². The average Bonchev–Trinajstić information content (AvgIpc) is 2.63. The van der Waals surface area contributed by atoms with Gasteiger partial charge in [-0.1, -0.05) is 43.5 Å². The molecule has 1 aromatic heterocycles. The molecule has 4 rings (SSSR count). The molecule has 1 heterocycles. The topological polar surface area (TPSA) is 13.1 Å². The predicted molar refractivity (Wildman–Crippen MR) is 92.4 cm³/mol. The molecule has 2 heteroatoms. The summed E-state index contributed by atoms with van der Waals surface area (Å²) in [5.74, 6) is 1.62. The molecule has 0 unspecified atom stereocenters. The van der Waals surface area contributed by atoms with E-state index < -0.39 is 0 Å². The van der Waals surface area contributed by atoms with Crippen LogP contribution < -0.4 is 9.57 Å². The third kappa shape index (κ3) is 3.07. The summed E-state index contributed by atoms with van der Waals surface area (Å²) in [6, 6.07) is 21.0. The zero-order valence-electron chi connectivity index (χ0n) is 13.3. The minimum Gasteiger partial charge on any atom is -0.231 e. The van der Waals surface area contributed by atoms with Gasteiger partial charge in [-0.25, -0.2) is 4.84 Å². The second kappa shape index (κ2) is 6.41. The fourth-order valence-electron chi connectivity index (χ4n) is 3.56.